The Morgan fingerprint density at radius 2 is 1.24 bits per heavy atom. The molecule has 2 saturated carbocycles. The Labute approximate surface area is 220 Å². The molecule has 0 spiro atoms. The van der Waals surface area contributed by atoms with Crippen molar-refractivity contribution in [2.75, 3.05) is 26.2 Å². The molecule has 204 valence electrons. The number of nitrogens with zero attached hydrogens (tertiary/aromatic N) is 4. The predicted octanol–water partition coefficient (Wildman–Crippen LogP) is 2.54. The van der Waals surface area contributed by atoms with E-state index in [2.05, 4.69) is 17.5 Å². The maximum atomic E-state index is 12.6. The molecule has 2 aliphatic heterocycles. The Balaban J connectivity index is 0.000000220. The fraction of sp³-hybridized carbons (Fsp3) is 0.815. The first kappa shape index (κ1) is 28.7. The first-order valence-electron chi connectivity index (χ1n) is 13.6. The number of rotatable bonds is 5. The number of nitrogens with one attached hydrogen (secondary N) is 1. The highest BCUT2D eigenvalue weighted by Gasteiger charge is 2.41. The first-order valence-corrected chi connectivity index (χ1v) is 13.6. The highest BCUT2D eigenvalue weighted by atomic mass is 16.6. The Kier molecular flexibility index (Phi) is 9.78. The molecule has 0 aromatic rings. The quantitative estimate of drug-likeness (QED) is 0.572. The Morgan fingerprint density at radius 3 is 1.62 bits per heavy atom. The van der Waals surface area contributed by atoms with Crippen LogP contribution in [-0.2, 0) is 14.3 Å². The number of amides is 3. The number of carbonyl (C=O) groups is 3. The van der Waals surface area contributed by atoms with Crippen LogP contribution in [0.3, 0.4) is 0 Å². The summed E-state index contributed by atoms with van der Waals surface area (Å²) in [7, 11) is 0. The zero-order valence-electron chi connectivity index (χ0n) is 22.4. The minimum atomic E-state index is -0.577. The van der Waals surface area contributed by atoms with Crippen LogP contribution in [0, 0.1) is 46.3 Å². The zero-order valence-corrected chi connectivity index (χ0v) is 22.4. The molecule has 4 aliphatic rings. The summed E-state index contributed by atoms with van der Waals surface area (Å²) in [6.07, 6.45) is 6.62. The van der Waals surface area contributed by atoms with E-state index in [4.69, 9.17) is 21.0 Å². The van der Waals surface area contributed by atoms with Gasteiger partial charge in [0, 0.05) is 38.0 Å². The van der Waals surface area contributed by atoms with Crippen molar-refractivity contribution >= 4 is 17.9 Å². The lowest BCUT2D eigenvalue weighted by molar-refractivity contribution is -0.135. The molecule has 0 radical (unpaired) electrons. The van der Waals surface area contributed by atoms with Crippen LogP contribution in [0.2, 0.25) is 0 Å². The molecule has 3 amide bonds. The molecule has 2 aliphatic carbocycles. The standard InChI is InChI=1S/C16H25N3O3.C11H17N3O/c1-16(2,3)22-15(21)18-13(12-4-5-12)14(20)19-8-6-11(10-17)7-9-19;12-7-8-3-5-14(6-4-8)11(15)10(13)9-1-2-9/h11-13H,4-9H2,1-3H3,(H,18,21);8-10H,1-6,13H2/t13-;10-/m11/s1. The van der Waals surface area contributed by atoms with E-state index in [0.29, 0.717) is 44.9 Å². The second kappa shape index (κ2) is 12.6. The smallest absolute Gasteiger partial charge is 0.408 e. The number of likely N-dealkylation sites (tertiary alicyclic amines) is 2. The van der Waals surface area contributed by atoms with Gasteiger partial charge in [0.2, 0.25) is 11.8 Å². The van der Waals surface area contributed by atoms with Gasteiger partial charge in [-0.25, -0.2) is 4.79 Å². The lowest BCUT2D eigenvalue weighted by Crippen LogP contribution is -2.52. The molecule has 10 heteroatoms. The predicted molar refractivity (Wildman–Crippen MR) is 136 cm³/mol. The van der Waals surface area contributed by atoms with Crippen molar-refractivity contribution in [3.63, 3.8) is 0 Å². The van der Waals surface area contributed by atoms with Crippen LogP contribution in [0.25, 0.3) is 0 Å². The Hall–Kier alpha value is -2.85. The van der Waals surface area contributed by atoms with Gasteiger partial charge in [0.25, 0.3) is 0 Å². The molecular formula is C27H42N6O4. The number of hydrogen-bond acceptors (Lipinski definition) is 7. The second-order valence-corrected chi connectivity index (χ2v) is 11.8. The average Bonchev–Trinajstić information content (AvgIpc) is 3.79. The third-order valence-electron chi connectivity index (χ3n) is 7.43. The van der Waals surface area contributed by atoms with Gasteiger partial charge in [-0.05, 0) is 84.0 Å². The SMILES string of the molecule is CC(C)(C)OC(=O)N[C@@H](C(=O)N1CCC(C#N)CC1)C1CC1.N#CC1CCN(C(=O)[C@H](N)C2CC2)CC1. The van der Waals surface area contributed by atoms with Crippen molar-refractivity contribution in [1.29, 1.82) is 10.5 Å². The van der Waals surface area contributed by atoms with Crippen molar-refractivity contribution in [2.24, 2.45) is 29.4 Å². The molecule has 0 aromatic heterocycles. The largest absolute Gasteiger partial charge is 0.444 e. The summed E-state index contributed by atoms with van der Waals surface area (Å²) in [5.41, 5.74) is 5.29. The average molecular weight is 515 g/mol. The van der Waals surface area contributed by atoms with Gasteiger partial charge in [-0.1, -0.05) is 0 Å². The van der Waals surface area contributed by atoms with E-state index in [1.54, 1.807) is 25.7 Å². The van der Waals surface area contributed by atoms with Gasteiger partial charge in [0.1, 0.15) is 11.6 Å². The molecule has 10 nitrogen and oxygen atoms in total. The summed E-state index contributed by atoms with van der Waals surface area (Å²) in [5.74, 6) is 0.868. The van der Waals surface area contributed by atoms with Crippen LogP contribution in [0.5, 0.6) is 0 Å². The van der Waals surface area contributed by atoms with E-state index in [0.717, 1.165) is 38.5 Å². The number of nitrogens with two attached hydrogens (primary N) is 1. The van der Waals surface area contributed by atoms with Crippen molar-refractivity contribution in [1.82, 2.24) is 15.1 Å². The Bertz CT molecular complexity index is 895. The van der Waals surface area contributed by atoms with Crippen LogP contribution in [0.15, 0.2) is 0 Å². The van der Waals surface area contributed by atoms with E-state index in [1.165, 1.54) is 0 Å². The van der Waals surface area contributed by atoms with E-state index in [-0.39, 0.29) is 35.6 Å². The topological polar surface area (TPSA) is 153 Å². The number of alkyl carbamates (subject to hydrolysis) is 1. The maximum Gasteiger partial charge on any atom is 0.408 e. The summed E-state index contributed by atoms with van der Waals surface area (Å²) in [5, 5.41) is 20.4. The van der Waals surface area contributed by atoms with Crippen LogP contribution in [0.4, 0.5) is 4.79 Å². The molecule has 0 bridgehead atoms. The fourth-order valence-electron chi connectivity index (χ4n) is 4.77. The number of nitriles is 2. The zero-order chi connectivity index (χ0) is 27.2. The lowest BCUT2D eigenvalue weighted by Gasteiger charge is -2.32. The van der Waals surface area contributed by atoms with Crippen LogP contribution in [0.1, 0.15) is 72.1 Å². The van der Waals surface area contributed by atoms with E-state index < -0.39 is 17.7 Å². The van der Waals surface area contributed by atoms with Gasteiger partial charge >= 0.3 is 6.09 Å². The van der Waals surface area contributed by atoms with Gasteiger partial charge < -0.3 is 25.6 Å². The van der Waals surface area contributed by atoms with Crippen LogP contribution < -0.4 is 11.1 Å². The fourth-order valence-corrected chi connectivity index (χ4v) is 4.77. The molecule has 2 heterocycles. The molecule has 2 saturated heterocycles. The third kappa shape index (κ3) is 8.89. The summed E-state index contributed by atoms with van der Waals surface area (Å²) in [4.78, 5) is 40.1. The molecule has 4 rings (SSSR count). The van der Waals surface area contributed by atoms with Crippen molar-refractivity contribution in [3.05, 3.63) is 0 Å². The number of piperidine rings is 2. The van der Waals surface area contributed by atoms with E-state index in [9.17, 15) is 14.4 Å². The number of hydrogen-bond donors (Lipinski definition) is 2. The minimum absolute atomic E-state index is 0.0373. The van der Waals surface area contributed by atoms with Crippen molar-refractivity contribution < 1.29 is 19.1 Å². The van der Waals surface area contributed by atoms with Gasteiger partial charge in [-0.2, -0.15) is 10.5 Å². The molecule has 37 heavy (non-hydrogen) atoms. The number of ether oxygens (including phenoxy) is 1. The summed E-state index contributed by atoms with van der Waals surface area (Å²) >= 11 is 0. The van der Waals surface area contributed by atoms with E-state index in [1.807, 2.05) is 4.90 Å². The third-order valence-corrected chi connectivity index (χ3v) is 7.43. The molecule has 2 atom stereocenters. The van der Waals surface area contributed by atoms with E-state index >= 15 is 0 Å². The van der Waals surface area contributed by atoms with Gasteiger partial charge in [0.05, 0.1) is 18.2 Å². The van der Waals surface area contributed by atoms with Gasteiger partial charge in [0.15, 0.2) is 0 Å². The summed E-state index contributed by atoms with van der Waals surface area (Å²) < 4.78 is 5.25. The highest BCUT2D eigenvalue weighted by molar-refractivity contribution is 5.86. The monoisotopic (exact) mass is 514 g/mol. The normalized spacial score (nSPS) is 22.4. The minimum Gasteiger partial charge on any atom is -0.444 e. The molecule has 0 aromatic carbocycles. The molecule has 0 unspecified atom stereocenters. The molecule has 4 fully saturated rings. The Morgan fingerprint density at radius 1 is 0.811 bits per heavy atom. The number of carbonyl (C=O) groups excluding carboxylic acids is 3. The van der Waals surface area contributed by atoms with Gasteiger partial charge in [-0.15, -0.1) is 0 Å². The van der Waals surface area contributed by atoms with Gasteiger partial charge in [-0.3, -0.25) is 9.59 Å². The first-order chi connectivity index (χ1) is 17.5. The second-order valence-electron chi connectivity index (χ2n) is 11.8. The molecular weight excluding hydrogens is 472 g/mol. The van der Waals surface area contributed by atoms with Crippen molar-refractivity contribution in [3.8, 4) is 12.1 Å². The molecule has 3 N–H and O–H groups in total. The summed E-state index contributed by atoms with van der Waals surface area (Å²) in [6.45, 7) is 8.00. The summed E-state index contributed by atoms with van der Waals surface area (Å²) in [6, 6.07) is 3.74. The van der Waals surface area contributed by atoms with Crippen molar-refractivity contribution in [2.45, 2.75) is 89.8 Å². The van der Waals surface area contributed by atoms with Crippen LogP contribution >= 0.6 is 0 Å². The highest BCUT2D eigenvalue weighted by Crippen LogP contribution is 2.34. The van der Waals surface area contributed by atoms with Crippen LogP contribution in [-0.4, -0.2) is 71.6 Å². The maximum absolute atomic E-state index is 12.6. The lowest BCUT2D eigenvalue weighted by atomic mass is 9.97.